The lowest BCUT2D eigenvalue weighted by molar-refractivity contribution is -0.136. The van der Waals surface area contributed by atoms with Crippen molar-refractivity contribution in [3.63, 3.8) is 0 Å². The normalized spacial score (nSPS) is 16.9. The molecular weight excluding hydrogens is 494 g/mol. The van der Waals surface area contributed by atoms with Crippen LogP contribution in [0, 0.1) is 0 Å². The molecule has 2 aromatic carbocycles. The highest BCUT2D eigenvalue weighted by Crippen LogP contribution is 2.29. The molecule has 38 heavy (non-hydrogen) atoms. The quantitative estimate of drug-likeness (QED) is 0.292. The number of fused-ring (bicyclic) bond motifs is 1. The predicted molar refractivity (Wildman–Crippen MR) is 133 cm³/mol. The molecule has 0 saturated carbocycles. The fourth-order valence-electron chi connectivity index (χ4n) is 4.24. The predicted octanol–water partition coefficient (Wildman–Crippen LogP) is 0.954. The van der Waals surface area contributed by atoms with Crippen LogP contribution in [0.4, 0.5) is 0 Å². The highest BCUT2D eigenvalue weighted by molar-refractivity contribution is 6.24. The number of carbonyl (C=O) groups excluding carboxylic acids is 5. The molecule has 0 aliphatic carbocycles. The SMILES string of the molecule is O=C(COCCOCCOCc1ccccc1)NCc1cccc2c1C(=O)N(C1CCC(=O)NC1=O)C2=O. The highest BCUT2D eigenvalue weighted by Gasteiger charge is 2.45. The first-order valence-corrected chi connectivity index (χ1v) is 12.3. The Labute approximate surface area is 219 Å². The summed E-state index contributed by atoms with van der Waals surface area (Å²) in [4.78, 5) is 62.8. The molecule has 2 N–H and O–H groups in total. The van der Waals surface area contributed by atoms with Gasteiger partial charge in [-0.15, -0.1) is 0 Å². The molecule has 1 atom stereocenters. The molecule has 2 aliphatic heterocycles. The van der Waals surface area contributed by atoms with Crippen molar-refractivity contribution in [3.05, 3.63) is 70.8 Å². The monoisotopic (exact) mass is 523 g/mol. The molecule has 2 aromatic rings. The van der Waals surface area contributed by atoms with Crippen molar-refractivity contribution in [2.75, 3.05) is 33.0 Å². The molecule has 2 aliphatic rings. The third-order valence-corrected chi connectivity index (χ3v) is 6.12. The lowest BCUT2D eigenvalue weighted by Crippen LogP contribution is -2.54. The van der Waals surface area contributed by atoms with Gasteiger partial charge in [-0.1, -0.05) is 42.5 Å². The summed E-state index contributed by atoms with van der Waals surface area (Å²) in [6, 6.07) is 13.5. The summed E-state index contributed by atoms with van der Waals surface area (Å²) in [5, 5.41) is 4.84. The van der Waals surface area contributed by atoms with E-state index in [0.29, 0.717) is 32.0 Å². The van der Waals surface area contributed by atoms with Crippen LogP contribution in [-0.2, 0) is 41.7 Å². The minimum absolute atomic E-state index is 0.00281. The van der Waals surface area contributed by atoms with Crippen molar-refractivity contribution in [1.82, 2.24) is 15.5 Å². The Hall–Kier alpha value is -3.93. The number of rotatable bonds is 13. The van der Waals surface area contributed by atoms with Gasteiger partial charge >= 0.3 is 0 Å². The van der Waals surface area contributed by atoms with Gasteiger partial charge in [0.25, 0.3) is 11.8 Å². The van der Waals surface area contributed by atoms with Gasteiger partial charge in [0.1, 0.15) is 12.6 Å². The Balaban J connectivity index is 1.16. The van der Waals surface area contributed by atoms with Crippen molar-refractivity contribution in [1.29, 1.82) is 0 Å². The van der Waals surface area contributed by atoms with Crippen LogP contribution in [0.5, 0.6) is 0 Å². The first-order chi connectivity index (χ1) is 18.5. The standard InChI is InChI=1S/C27H29N3O8/c31-22-10-9-21(25(33)29-22)30-26(34)20-8-4-7-19(24(20)27(30)35)15-28-23(32)17-38-14-12-36-11-13-37-16-18-5-2-1-3-6-18/h1-8,21H,9-17H2,(H,28,32)(H,29,31,33). The van der Waals surface area contributed by atoms with Gasteiger partial charge in [0.2, 0.25) is 17.7 Å². The summed E-state index contributed by atoms with van der Waals surface area (Å²) < 4.78 is 16.3. The maximum absolute atomic E-state index is 13.1. The zero-order chi connectivity index (χ0) is 26.9. The molecule has 5 amide bonds. The van der Waals surface area contributed by atoms with Gasteiger partial charge in [-0.25, -0.2) is 0 Å². The van der Waals surface area contributed by atoms with Crippen molar-refractivity contribution in [2.45, 2.75) is 32.0 Å². The first kappa shape index (κ1) is 27.1. The number of hydrogen-bond acceptors (Lipinski definition) is 8. The van der Waals surface area contributed by atoms with Gasteiger partial charge in [0.15, 0.2) is 0 Å². The van der Waals surface area contributed by atoms with Gasteiger partial charge in [-0.2, -0.15) is 0 Å². The summed E-state index contributed by atoms with van der Waals surface area (Å²) in [6.45, 7) is 1.70. The molecule has 2 heterocycles. The summed E-state index contributed by atoms with van der Waals surface area (Å²) in [7, 11) is 0. The summed E-state index contributed by atoms with van der Waals surface area (Å²) in [5.74, 6) is -2.72. The van der Waals surface area contributed by atoms with Crippen LogP contribution in [0.15, 0.2) is 48.5 Å². The fraction of sp³-hybridized carbons (Fsp3) is 0.370. The van der Waals surface area contributed by atoms with E-state index in [1.165, 1.54) is 6.07 Å². The Morgan fingerprint density at radius 3 is 2.39 bits per heavy atom. The van der Waals surface area contributed by atoms with Crippen molar-refractivity contribution >= 4 is 29.5 Å². The van der Waals surface area contributed by atoms with Crippen LogP contribution in [0.1, 0.15) is 44.7 Å². The van der Waals surface area contributed by atoms with E-state index in [4.69, 9.17) is 14.2 Å². The average molecular weight is 524 g/mol. The van der Waals surface area contributed by atoms with E-state index < -0.39 is 35.6 Å². The molecule has 1 saturated heterocycles. The number of imide groups is 2. The molecule has 1 fully saturated rings. The number of amides is 5. The molecular formula is C27H29N3O8. The fourth-order valence-corrected chi connectivity index (χ4v) is 4.24. The van der Waals surface area contributed by atoms with Gasteiger partial charge in [0, 0.05) is 13.0 Å². The van der Waals surface area contributed by atoms with E-state index in [2.05, 4.69) is 10.6 Å². The minimum Gasteiger partial charge on any atom is -0.377 e. The second kappa shape index (κ2) is 13.0. The Kier molecular flexibility index (Phi) is 9.30. The van der Waals surface area contributed by atoms with Gasteiger partial charge in [-0.05, 0) is 23.6 Å². The van der Waals surface area contributed by atoms with Crippen LogP contribution in [0.3, 0.4) is 0 Å². The van der Waals surface area contributed by atoms with Crippen LogP contribution >= 0.6 is 0 Å². The molecule has 0 radical (unpaired) electrons. The molecule has 0 aromatic heterocycles. The topological polar surface area (TPSA) is 140 Å². The summed E-state index contributed by atoms with van der Waals surface area (Å²) in [6.07, 6.45) is 0.115. The van der Waals surface area contributed by atoms with E-state index in [0.717, 1.165) is 10.5 Å². The second-order valence-corrected chi connectivity index (χ2v) is 8.77. The van der Waals surface area contributed by atoms with Crippen LogP contribution in [-0.4, -0.2) is 73.5 Å². The number of benzene rings is 2. The van der Waals surface area contributed by atoms with E-state index >= 15 is 0 Å². The number of hydrogen-bond donors (Lipinski definition) is 2. The van der Waals surface area contributed by atoms with E-state index in [1.807, 2.05) is 30.3 Å². The molecule has 1 unspecified atom stereocenters. The average Bonchev–Trinajstić information content (AvgIpc) is 3.17. The number of nitrogens with zero attached hydrogens (tertiary/aromatic N) is 1. The zero-order valence-electron chi connectivity index (χ0n) is 20.8. The Morgan fingerprint density at radius 2 is 1.63 bits per heavy atom. The summed E-state index contributed by atoms with van der Waals surface area (Å²) >= 11 is 0. The lowest BCUT2D eigenvalue weighted by atomic mass is 10.0. The molecule has 11 heteroatoms. The second-order valence-electron chi connectivity index (χ2n) is 8.77. The molecule has 4 rings (SSSR count). The van der Waals surface area contributed by atoms with Gasteiger partial charge < -0.3 is 19.5 Å². The van der Waals surface area contributed by atoms with Gasteiger partial charge in [-0.3, -0.25) is 34.2 Å². The Bertz CT molecular complexity index is 1200. The number of piperidine rings is 1. The van der Waals surface area contributed by atoms with Crippen LogP contribution in [0.2, 0.25) is 0 Å². The van der Waals surface area contributed by atoms with Crippen molar-refractivity contribution in [3.8, 4) is 0 Å². The van der Waals surface area contributed by atoms with E-state index in [9.17, 15) is 24.0 Å². The van der Waals surface area contributed by atoms with Gasteiger partial charge in [0.05, 0.1) is 44.2 Å². The Morgan fingerprint density at radius 1 is 0.895 bits per heavy atom. The maximum Gasteiger partial charge on any atom is 0.262 e. The molecule has 0 spiro atoms. The van der Waals surface area contributed by atoms with Crippen LogP contribution < -0.4 is 10.6 Å². The maximum atomic E-state index is 13.1. The van der Waals surface area contributed by atoms with Crippen LogP contribution in [0.25, 0.3) is 0 Å². The van der Waals surface area contributed by atoms with Crippen molar-refractivity contribution < 1.29 is 38.2 Å². The number of carbonyl (C=O) groups is 5. The first-order valence-electron chi connectivity index (χ1n) is 12.3. The van der Waals surface area contributed by atoms with E-state index in [-0.39, 0.29) is 43.7 Å². The third-order valence-electron chi connectivity index (χ3n) is 6.12. The molecule has 0 bridgehead atoms. The minimum atomic E-state index is -1.05. The number of ether oxygens (including phenoxy) is 3. The number of nitrogens with one attached hydrogen (secondary N) is 2. The zero-order valence-corrected chi connectivity index (χ0v) is 20.8. The smallest absolute Gasteiger partial charge is 0.262 e. The molecule has 200 valence electrons. The molecule has 11 nitrogen and oxygen atoms in total. The van der Waals surface area contributed by atoms with E-state index in [1.54, 1.807) is 12.1 Å². The lowest BCUT2D eigenvalue weighted by Gasteiger charge is -2.27. The highest BCUT2D eigenvalue weighted by atomic mass is 16.5. The third kappa shape index (κ3) is 6.68. The summed E-state index contributed by atoms with van der Waals surface area (Å²) in [5.41, 5.74) is 1.84. The van der Waals surface area contributed by atoms with Crippen molar-refractivity contribution in [2.24, 2.45) is 0 Å². The largest absolute Gasteiger partial charge is 0.377 e.